The lowest BCUT2D eigenvalue weighted by atomic mass is 9.89. The van der Waals surface area contributed by atoms with Crippen molar-refractivity contribution in [2.75, 3.05) is 7.11 Å². The smallest absolute Gasteiger partial charge is 0.365 e. The van der Waals surface area contributed by atoms with E-state index in [1.54, 1.807) is 0 Å². The average molecular weight is 437 g/mol. The van der Waals surface area contributed by atoms with Crippen molar-refractivity contribution in [2.24, 2.45) is 20.7 Å². The van der Waals surface area contributed by atoms with E-state index in [0.717, 1.165) is 11.1 Å². The SMILES string of the molecule is COC(=O)CCC(=O)c1cc(C(C)C)c(OC2(c3ccccc3)N=NN=N2)c(C(C)C)c1. The van der Waals surface area contributed by atoms with Gasteiger partial charge in [-0.2, -0.15) is 0 Å². The van der Waals surface area contributed by atoms with Gasteiger partial charge in [0.2, 0.25) is 0 Å². The number of ether oxygens (including phenoxy) is 2. The molecule has 0 aliphatic carbocycles. The van der Waals surface area contributed by atoms with Crippen LogP contribution in [0.1, 0.15) is 79.4 Å². The van der Waals surface area contributed by atoms with Crippen LogP contribution in [-0.2, 0) is 15.4 Å². The van der Waals surface area contributed by atoms with Crippen LogP contribution in [0.25, 0.3) is 0 Å². The van der Waals surface area contributed by atoms with Gasteiger partial charge in [-0.3, -0.25) is 9.59 Å². The molecule has 2 aromatic carbocycles. The van der Waals surface area contributed by atoms with Gasteiger partial charge in [-0.1, -0.05) is 68.3 Å². The number of methoxy groups -OCH3 is 1. The van der Waals surface area contributed by atoms with Crippen LogP contribution in [0, 0.1) is 0 Å². The predicted molar refractivity (Wildman–Crippen MR) is 119 cm³/mol. The molecule has 0 bridgehead atoms. The van der Waals surface area contributed by atoms with E-state index in [2.05, 4.69) is 25.4 Å². The number of rotatable bonds is 9. The summed E-state index contributed by atoms with van der Waals surface area (Å²) in [4.78, 5) is 24.3. The fourth-order valence-electron chi connectivity index (χ4n) is 3.47. The molecule has 0 radical (unpaired) electrons. The molecule has 0 fully saturated rings. The summed E-state index contributed by atoms with van der Waals surface area (Å²) in [6.07, 6.45) is 0.123. The second kappa shape index (κ2) is 9.80. The van der Waals surface area contributed by atoms with E-state index in [9.17, 15) is 9.59 Å². The van der Waals surface area contributed by atoms with Crippen LogP contribution < -0.4 is 4.74 Å². The molecule has 1 heterocycles. The minimum absolute atomic E-state index is 0.0412. The van der Waals surface area contributed by atoms with Crippen molar-refractivity contribution in [2.45, 2.75) is 58.2 Å². The molecule has 1 aliphatic heterocycles. The highest BCUT2D eigenvalue weighted by molar-refractivity contribution is 5.98. The molecule has 168 valence electrons. The van der Waals surface area contributed by atoms with Gasteiger partial charge in [0.15, 0.2) is 5.78 Å². The van der Waals surface area contributed by atoms with E-state index in [-0.39, 0.29) is 30.5 Å². The third kappa shape index (κ3) is 4.90. The van der Waals surface area contributed by atoms with Crippen molar-refractivity contribution in [3.63, 3.8) is 0 Å². The summed E-state index contributed by atoms with van der Waals surface area (Å²) >= 11 is 0. The van der Waals surface area contributed by atoms with Crippen molar-refractivity contribution >= 4 is 11.8 Å². The van der Waals surface area contributed by atoms with Crippen molar-refractivity contribution in [1.82, 2.24) is 0 Å². The molecule has 0 aromatic heterocycles. The highest BCUT2D eigenvalue weighted by Crippen LogP contribution is 2.42. The van der Waals surface area contributed by atoms with Crippen molar-refractivity contribution < 1.29 is 19.1 Å². The summed E-state index contributed by atoms with van der Waals surface area (Å²) in [5, 5.41) is 15.8. The Morgan fingerprint density at radius 3 is 1.97 bits per heavy atom. The molecule has 0 N–H and O–H groups in total. The summed E-state index contributed by atoms with van der Waals surface area (Å²) in [6, 6.07) is 13.0. The number of nitrogens with zero attached hydrogens (tertiary/aromatic N) is 4. The summed E-state index contributed by atoms with van der Waals surface area (Å²) in [5.41, 5.74) is 2.94. The Kier molecular flexibility index (Phi) is 7.12. The number of Topliss-reactive ketones (excluding diaryl/α,β-unsaturated/α-hetero) is 1. The Balaban J connectivity index is 2.07. The van der Waals surface area contributed by atoms with Crippen LogP contribution >= 0.6 is 0 Å². The maximum Gasteiger partial charge on any atom is 0.365 e. The van der Waals surface area contributed by atoms with Gasteiger partial charge in [-0.25, -0.2) is 0 Å². The first kappa shape index (κ1) is 23.2. The molecule has 0 saturated heterocycles. The van der Waals surface area contributed by atoms with Gasteiger partial charge in [0, 0.05) is 17.5 Å². The van der Waals surface area contributed by atoms with Gasteiger partial charge >= 0.3 is 11.8 Å². The lowest BCUT2D eigenvalue weighted by Gasteiger charge is -2.27. The van der Waals surface area contributed by atoms with Gasteiger partial charge in [0.1, 0.15) is 5.75 Å². The Morgan fingerprint density at radius 1 is 0.906 bits per heavy atom. The summed E-state index contributed by atoms with van der Waals surface area (Å²) < 4.78 is 11.1. The fourth-order valence-corrected chi connectivity index (χ4v) is 3.47. The molecule has 8 heteroatoms. The molecule has 0 amide bonds. The molecule has 3 rings (SSSR count). The van der Waals surface area contributed by atoms with Gasteiger partial charge < -0.3 is 9.47 Å². The fraction of sp³-hybridized carbons (Fsp3) is 0.417. The zero-order chi connectivity index (χ0) is 23.3. The maximum absolute atomic E-state index is 12.8. The lowest BCUT2D eigenvalue weighted by Crippen LogP contribution is -2.28. The van der Waals surface area contributed by atoms with Crippen LogP contribution in [0.2, 0.25) is 0 Å². The minimum atomic E-state index is -1.41. The number of carbonyl (C=O) groups excluding carboxylic acids is 2. The lowest BCUT2D eigenvalue weighted by molar-refractivity contribution is -0.140. The van der Waals surface area contributed by atoms with Gasteiger partial charge in [-0.05, 0) is 45.5 Å². The number of hydrogen-bond acceptors (Lipinski definition) is 8. The highest BCUT2D eigenvalue weighted by Gasteiger charge is 2.40. The average Bonchev–Trinajstić information content (AvgIpc) is 3.27. The van der Waals surface area contributed by atoms with Crippen LogP contribution in [0.15, 0.2) is 63.1 Å². The molecule has 8 nitrogen and oxygen atoms in total. The molecule has 2 aromatic rings. The van der Waals surface area contributed by atoms with Crippen molar-refractivity contribution in [3.05, 3.63) is 64.7 Å². The molecule has 0 saturated carbocycles. The Morgan fingerprint density at radius 2 is 1.47 bits per heavy atom. The Bertz CT molecular complexity index is 1000. The first-order chi connectivity index (χ1) is 15.3. The van der Waals surface area contributed by atoms with Gasteiger partial charge in [0.25, 0.3) is 0 Å². The van der Waals surface area contributed by atoms with Crippen LogP contribution in [0.3, 0.4) is 0 Å². The second-order valence-electron chi connectivity index (χ2n) is 8.25. The molecule has 0 spiro atoms. The van der Waals surface area contributed by atoms with E-state index >= 15 is 0 Å². The van der Waals surface area contributed by atoms with Crippen molar-refractivity contribution in [3.8, 4) is 5.75 Å². The number of carbonyl (C=O) groups is 2. The normalized spacial score (nSPS) is 14.2. The summed E-state index contributed by atoms with van der Waals surface area (Å²) in [7, 11) is 1.31. The predicted octanol–water partition coefficient (Wildman–Crippen LogP) is 6.09. The topological polar surface area (TPSA) is 102 Å². The first-order valence-electron chi connectivity index (χ1n) is 10.6. The van der Waals surface area contributed by atoms with E-state index in [0.29, 0.717) is 16.9 Å². The number of hydrogen-bond donors (Lipinski definition) is 0. The van der Waals surface area contributed by atoms with E-state index in [1.807, 2.05) is 70.2 Å². The molecule has 1 aliphatic rings. The van der Waals surface area contributed by atoms with Crippen LogP contribution in [0.5, 0.6) is 5.75 Å². The standard InChI is InChI=1S/C24H28N4O4/c1-15(2)19-13-17(21(29)11-12-22(30)31-5)14-20(16(3)4)23(19)32-24(25-27-28-26-24)18-9-7-6-8-10-18/h6-10,13-16H,11-12H2,1-5H3. The van der Waals surface area contributed by atoms with Crippen LogP contribution in [-0.4, -0.2) is 18.9 Å². The number of ketones is 1. The zero-order valence-electron chi connectivity index (χ0n) is 19.0. The molecule has 32 heavy (non-hydrogen) atoms. The minimum Gasteiger partial charge on any atom is -0.469 e. The van der Waals surface area contributed by atoms with E-state index in [1.165, 1.54) is 7.11 Å². The largest absolute Gasteiger partial charge is 0.469 e. The van der Waals surface area contributed by atoms with Gasteiger partial charge in [0.05, 0.1) is 13.5 Å². The Hall–Kier alpha value is -3.42. The summed E-state index contributed by atoms with van der Waals surface area (Å²) in [5.74, 6) is -1.22. The highest BCUT2D eigenvalue weighted by atomic mass is 16.5. The zero-order valence-corrected chi connectivity index (χ0v) is 19.0. The third-order valence-electron chi connectivity index (χ3n) is 5.29. The maximum atomic E-state index is 12.8. The monoisotopic (exact) mass is 436 g/mol. The molecular weight excluding hydrogens is 408 g/mol. The molecular formula is C24H28N4O4. The van der Waals surface area contributed by atoms with Crippen molar-refractivity contribution in [1.29, 1.82) is 0 Å². The van der Waals surface area contributed by atoms with E-state index in [4.69, 9.17) is 4.74 Å². The summed E-state index contributed by atoms with van der Waals surface area (Å²) in [6.45, 7) is 8.12. The first-order valence-corrected chi connectivity index (χ1v) is 10.6. The molecule has 0 unspecified atom stereocenters. The Labute approximate surface area is 187 Å². The van der Waals surface area contributed by atoms with Gasteiger partial charge in [-0.15, -0.1) is 0 Å². The number of esters is 1. The van der Waals surface area contributed by atoms with Crippen LogP contribution in [0.4, 0.5) is 0 Å². The number of benzene rings is 2. The van der Waals surface area contributed by atoms with E-state index < -0.39 is 11.8 Å². The molecule has 0 atom stereocenters. The third-order valence-corrected chi connectivity index (χ3v) is 5.29. The quantitative estimate of drug-likeness (QED) is 0.350. The second-order valence-corrected chi connectivity index (χ2v) is 8.25.